The molecule has 0 amide bonds. The molecule has 0 saturated carbocycles. The summed E-state index contributed by atoms with van der Waals surface area (Å²) in [7, 11) is 1.54. The first-order valence-electron chi connectivity index (χ1n) is 7.36. The molecular weight excluding hydrogens is 294 g/mol. The Hall–Kier alpha value is -2.67. The van der Waals surface area contributed by atoms with E-state index in [1.165, 1.54) is 13.3 Å². The fraction of sp³-hybridized carbons (Fsp3) is 0.312. The predicted molar refractivity (Wildman–Crippen MR) is 88.4 cm³/mol. The highest BCUT2D eigenvalue weighted by Crippen LogP contribution is 2.22. The molecule has 3 rings (SSSR count). The largest absolute Gasteiger partial charge is 0.481 e. The van der Waals surface area contributed by atoms with Crippen LogP contribution < -0.4 is 15.4 Å². The number of pyridine rings is 2. The van der Waals surface area contributed by atoms with Gasteiger partial charge in [0.1, 0.15) is 5.82 Å². The number of rotatable bonds is 4. The van der Waals surface area contributed by atoms with Gasteiger partial charge in [0.2, 0.25) is 5.88 Å². The summed E-state index contributed by atoms with van der Waals surface area (Å²) in [6, 6.07) is 5.38. The average Bonchev–Trinajstić information content (AvgIpc) is 2.62. The maximum absolute atomic E-state index is 8.46. The van der Waals surface area contributed by atoms with Gasteiger partial charge in [0.15, 0.2) is 0 Å². The first-order chi connectivity index (χ1) is 11.2. The molecule has 0 radical (unpaired) electrons. The van der Waals surface area contributed by atoms with Crippen LogP contribution in [-0.2, 0) is 4.74 Å². The molecule has 3 heterocycles. The smallest absolute Gasteiger partial charge is 0.213 e. The van der Waals surface area contributed by atoms with E-state index in [9.17, 15) is 0 Å². The fourth-order valence-electron chi connectivity index (χ4n) is 2.47. The summed E-state index contributed by atoms with van der Waals surface area (Å²) in [5.74, 6) is 1.27. The van der Waals surface area contributed by atoms with E-state index in [1.54, 1.807) is 18.3 Å². The van der Waals surface area contributed by atoms with Crippen molar-refractivity contribution in [3.63, 3.8) is 0 Å². The van der Waals surface area contributed by atoms with Crippen LogP contribution in [-0.4, -0.2) is 49.1 Å². The van der Waals surface area contributed by atoms with Crippen LogP contribution in [0.5, 0.6) is 5.88 Å². The molecule has 0 bridgehead atoms. The molecule has 1 aliphatic heterocycles. The lowest BCUT2D eigenvalue weighted by atomic mass is 10.0. The normalized spacial score (nSPS) is 14.6. The van der Waals surface area contributed by atoms with E-state index in [4.69, 9.17) is 20.6 Å². The zero-order valence-corrected chi connectivity index (χ0v) is 13.0. The van der Waals surface area contributed by atoms with Crippen molar-refractivity contribution in [2.45, 2.75) is 0 Å². The lowest BCUT2D eigenvalue weighted by Gasteiger charge is -2.28. The van der Waals surface area contributed by atoms with Crippen LogP contribution in [0, 0.1) is 5.41 Å². The Labute approximate surface area is 134 Å². The van der Waals surface area contributed by atoms with E-state index in [2.05, 4.69) is 14.9 Å². The molecule has 120 valence electrons. The van der Waals surface area contributed by atoms with Crippen LogP contribution in [0.15, 0.2) is 30.6 Å². The van der Waals surface area contributed by atoms with Gasteiger partial charge < -0.3 is 20.1 Å². The van der Waals surface area contributed by atoms with Gasteiger partial charge in [0, 0.05) is 36.5 Å². The SMILES string of the molecule is COc1cc(C(=N)c2ccnc(N3CCOCC3)c2)c(N)cn1. The molecule has 2 aromatic rings. The van der Waals surface area contributed by atoms with Crippen molar-refractivity contribution in [2.24, 2.45) is 0 Å². The number of nitrogen functional groups attached to an aromatic ring is 1. The maximum Gasteiger partial charge on any atom is 0.213 e. The Morgan fingerprint density at radius 1 is 1.30 bits per heavy atom. The number of nitrogens with one attached hydrogen (secondary N) is 1. The van der Waals surface area contributed by atoms with Crippen LogP contribution in [0.1, 0.15) is 11.1 Å². The summed E-state index contributed by atoms with van der Waals surface area (Å²) in [6.07, 6.45) is 3.22. The fourth-order valence-corrected chi connectivity index (χ4v) is 2.47. The molecule has 23 heavy (non-hydrogen) atoms. The molecular formula is C16H19N5O2. The third kappa shape index (κ3) is 3.24. The Morgan fingerprint density at radius 2 is 2.09 bits per heavy atom. The molecule has 1 fully saturated rings. The van der Waals surface area contributed by atoms with Gasteiger partial charge in [-0.15, -0.1) is 0 Å². The van der Waals surface area contributed by atoms with Gasteiger partial charge in [0.05, 0.1) is 37.9 Å². The highest BCUT2D eigenvalue weighted by atomic mass is 16.5. The van der Waals surface area contributed by atoms with Gasteiger partial charge in [0.25, 0.3) is 0 Å². The topological polar surface area (TPSA) is 97.3 Å². The molecule has 7 heteroatoms. The number of hydrogen-bond donors (Lipinski definition) is 2. The molecule has 1 saturated heterocycles. The lowest BCUT2D eigenvalue weighted by molar-refractivity contribution is 0.122. The Bertz CT molecular complexity index is 713. The number of anilines is 2. The van der Waals surface area contributed by atoms with E-state index < -0.39 is 0 Å². The number of nitrogens with zero attached hydrogens (tertiary/aromatic N) is 3. The van der Waals surface area contributed by atoms with E-state index in [1.807, 2.05) is 6.07 Å². The highest BCUT2D eigenvalue weighted by Gasteiger charge is 2.15. The zero-order valence-electron chi connectivity index (χ0n) is 13.0. The lowest BCUT2D eigenvalue weighted by Crippen LogP contribution is -2.36. The number of nitrogens with two attached hydrogens (primary N) is 1. The summed E-state index contributed by atoms with van der Waals surface area (Å²) >= 11 is 0. The third-order valence-corrected chi connectivity index (χ3v) is 3.76. The minimum atomic E-state index is 0.320. The van der Waals surface area contributed by atoms with Gasteiger partial charge in [-0.3, -0.25) is 5.41 Å². The molecule has 2 aromatic heterocycles. The van der Waals surface area contributed by atoms with Crippen LogP contribution >= 0.6 is 0 Å². The van der Waals surface area contributed by atoms with Crippen molar-refractivity contribution < 1.29 is 9.47 Å². The quantitative estimate of drug-likeness (QED) is 0.826. The van der Waals surface area contributed by atoms with Crippen LogP contribution in [0.3, 0.4) is 0 Å². The van der Waals surface area contributed by atoms with E-state index >= 15 is 0 Å². The van der Waals surface area contributed by atoms with Crippen molar-refractivity contribution in [3.8, 4) is 5.88 Å². The highest BCUT2D eigenvalue weighted by molar-refractivity contribution is 6.14. The Kier molecular flexibility index (Phi) is 4.38. The van der Waals surface area contributed by atoms with Gasteiger partial charge in [-0.2, -0.15) is 0 Å². The van der Waals surface area contributed by atoms with Gasteiger partial charge in [-0.1, -0.05) is 0 Å². The summed E-state index contributed by atoms with van der Waals surface area (Å²) in [4.78, 5) is 10.6. The second-order valence-corrected chi connectivity index (χ2v) is 5.19. The molecule has 0 atom stereocenters. The van der Waals surface area contributed by atoms with E-state index in [0.717, 1.165) is 24.5 Å². The van der Waals surface area contributed by atoms with Crippen molar-refractivity contribution in [1.29, 1.82) is 5.41 Å². The molecule has 3 N–H and O–H groups in total. The first-order valence-corrected chi connectivity index (χ1v) is 7.36. The number of ether oxygens (including phenoxy) is 2. The summed E-state index contributed by atoms with van der Waals surface area (Å²) < 4.78 is 10.5. The number of aromatic nitrogens is 2. The van der Waals surface area contributed by atoms with Crippen LogP contribution in [0.2, 0.25) is 0 Å². The van der Waals surface area contributed by atoms with Crippen LogP contribution in [0.25, 0.3) is 0 Å². The molecule has 1 aliphatic rings. The Balaban J connectivity index is 1.90. The summed E-state index contributed by atoms with van der Waals surface area (Å²) in [5.41, 5.74) is 8.07. The standard InChI is InChI=1S/C16H19N5O2/c1-22-15-9-12(13(17)10-20-15)16(18)11-2-3-19-14(8-11)21-4-6-23-7-5-21/h2-3,8-10,18H,4-7,17H2,1H3. The molecule has 7 nitrogen and oxygen atoms in total. The number of methoxy groups -OCH3 is 1. The predicted octanol–water partition coefficient (Wildman–Crippen LogP) is 1.32. The molecule has 0 aromatic carbocycles. The number of morpholine rings is 1. The maximum atomic E-state index is 8.46. The monoisotopic (exact) mass is 313 g/mol. The van der Waals surface area contributed by atoms with Crippen LogP contribution in [0.4, 0.5) is 11.5 Å². The minimum absolute atomic E-state index is 0.320. The van der Waals surface area contributed by atoms with Crippen molar-refractivity contribution in [1.82, 2.24) is 9.97 Å². The third-order valence-electron chi connectivity index (χ3n) is 3.76. The average molecular weight is 313 g/mol. The second-order valence-electron chi connectivity index (χ2n) is 5.19. The van der Waals surface area contributed by atoms with Gasteiger partial charge in [-0.05, 0) is 12.1 Å². The van der Waals surface area contributed by atoms with Crippen molar-refractivity contribution >= 4 is 17.2 Å². The molecule has 0 aliphatic carbocycles. The van der Waals surface area contributed by atoms with Gasteiger partial charge in [-0.25, -0.2) is 9.97 Å². The summed E-state index contributed by atoms with van der Waals surface area (Å²) in [6.45, 7) is 2.99. The van der Waals surface area contributed by atoms with E-state index in [0.29, 0.717) is 36.1 Å². The summed E-state index contributed by atoms with van der Waals surface area (Å²) in [5, 5.41) is 8.46. The zero-order chi connectivity index (χ0) is 16.2. The first kappa shape index (κ1) is 15.2. The van der Waals surface area contributed by atoms with Gasteiger partial charge >= 0.3 is 0 Å². The van der Waals surface area contributed by atoms with Crippen molar-refractivity contribution in [2.75, 3.05) is 44.0 Å². The van der Waals surface area contributed by atoms with Crippen molar-refractivity contribution in [3.05, 3.63) is 41.7 Å². The second kappa shape index (κ2) is 6.62. The minimum Gasteiger partial charge on any atom is -0.481 e. The van der Waals surface area contributed by atoms with E-state index in [-0.39, 0.29) is 0 Å². The Morgan fingerprint density at radius 3 is 2.83 bits per heavy atom. The molecule has 0 spiro atoms. The molecule has 0 unspecified atom stereocenters. The number of hydrogen-bond acceptors (Lipinski definition) is 7.